The van der Waals surface area contributed by atoms with Crippen LogP contribution in [0.2, 0.25) is 0 Å². The fraction of sp³-hybridized carbons (Fsp3) is 0.515. The van der Waals surface area contributed by atoms with Gasteiger partial charge in [-0.15, -0.1) is 0 Å². The fourth-order valence-electron chi connectivity index (χ4n) is 4.50. The largest absolute Gasteiger partial charge is 0.508 e. The highest BCUT2D eigenvalue weighted by atomic mass is 16.6. The topological polar surface area (TPSA) is 134 Å². The molecule has 2 atom stereocenters. The third kappa shape index (κ3) is 10.9. The van der Waals surface area contributed by atoms with Gasteiger partial charge < -0.3 is 30.1 Å². The van der Waals surface area contributed by atoms with Gasteiger partial charge in [-0.25, -0.2) is 4.79 Å². The third-order valence-corrected chi connectivity index (χ3v) is 6.61. The lowest BCUT2D eigenvalue weighted by atomic mass is 9.92. The molecule has 0 radical (unpaired) electrons. The zero-order chi connectivity index (χ0) is 32.5. The molecule has 0 saturated heterocycles. The number of benzene rings is 2. The van der Waals surface area contributed by atoms with Crippen molar-refractivity contribution in [2.75, 3.05) is 13.2 Å². The SMILES string of the molecule is CCOC(=O)CCNC(=O)C(c1ccc(C)c(C)c1)N(C(=O)C(Cc1ccc(O)cc1)NC(=O)OC(C)(C)C)C(C)(C)C. The van der Waals surface area contributed by atoms with Crippen LogP contribution in [0.3, 0.4) is 0 Å². The van der Waals surface area contributed by atoms with E-state index in [4.69, 9.17) is 9.47 Å². The summed E-state index contributed by atoms with van der Waals surface area (Å²) >= 11 is 0. The Morgan fingerprint density at radius 2 is 1.56 bits per heavy atom. The van der Waals surface area contributed by atoms with Crippen molar-refractivity contribution in [2.45, 2.75) is 98.4 Å². The van der Waals surface area contributed by atoms with E-state index in [9.17, 15) is 24.3 Å². The van der Waals surface area contributed by atoms with Crippen LogP contribution in [0.25, 0.3) is 0 Å². The van der Waals surface area contributed by atoms with Crippen molar-refractivity contribution in [3.63, 3.8) is 0 Å². The Hall–Kier alpha value is -4.08. The van der Waals surface area contributed by atoms with Gasteiger partial charge in [-0.2, -0.15) is 0 Å². The molecule has 0 fully saturated rings. The first-order valence-corrected chi connectivity index (χ1v) is 14.5. The zero-order valence-electron chi connectivity index (χ0n) is 26.9. The molecule has 10 nitrogen and oxygen atoms in total. The van der Waals surface area contributed by atoms with E-state index in [0.29, 0.717) is 11.1 Å². The van der Waals surface area contributed by atoms with Crippen LogP contribution >= 0.6 is 0 Å². The van der Waals surface area contributed by atoms with Crippen LogP contribution in [0.4, 0.5) is 4.79 Å². The van der Waals surface area contributed by atoms with Crippen LogP contribution in [0, 0.1) is 13.8 Å². The lowest BCUT2D eigenvalue weighted by molar-refractivity contribution is -0.149. The van der Waals surface area contributed by atoms with Gasteiger partial charge in [-0.3, -0.25) is 14.4 Å². The molecule has 0 aliphatic carbocycles. The van der Waals surface area contributed by atoms with Crippen molar-refractivity contribution >= 4 is 23.9 Å². The monoisotopic (exact) mass is 597 g/mol. The maximum absolute atomic E-state index is 14.6. The van der Waals surface area contributed by atoms with Gasteiger partial charge in [0, 0.05) is 18.5 Å². The van der Waals surface area contributed by atoms with Crippen molar-refractivity contribution in [1.82, 2.24) is 15.5 Å². The minimum atomic E-state index is -1.11. The Kier molecular flexibility index (Phi) is 12.2. The van der Waals surface area contributed by atoms with Gasteiger partial charge in [-0.05, 0) is 96.7 Å². The van der Waals surface area contributed by atoms with Crippen molar-refractivity contribution in [2.24, 2.45) is 0 Å². The quantitative estimate of drug-likeness (QED) is 0.314. The lowest BCUT2D eigenvalue weighted by Gasteiger charge is -2.43. The highest BCUT2D eigenvalue weighted by Crippen LogP contribution is 2.31. The summed E-state index contributed by atoms with van der Waals surface area (Å²) < 4.78 is 10.5. The van der Waals surface area contributed by atoms with E-state index in [2.05, 4.69) is 10.6 Å². The number of aromatic hydroxyl groups is 1. The predicted molar refractivity (Wildman–Crippen MR) is 164 cm³/mol. The number of ether oxygens (including phenoxy) is 2. The molecule has 2 rings (SSSR count). The van der Waals surface area contributed by atoms with E-state index in [1.807, 2.05) is 46.8 Å². The van der Waals surface area contributed by atoms with Crippen molar-refractivity contribution in [3.8, 4) is 5.75 Å². The lowest BCUT2D eigenvalue weighted by Crippen LogP contribution is -2.59. The summed E-state index contributed by atoms with van der Waals surface area (Å²) in [4.78, 5) is 54.8. The van der Waals surface area contributed by atoms with Crippen LogP contribution in [0.15, 0.2) is 42.5 Å². The molecule has 0 aliphatic heterocycles. The molecule has 0 heterocycles. The van der Waals surface area contributed by atoms with E-state index < -0.39 is 47.1 Å². The first-order chi connectivity index (χ1) is 19.9. The summed E-state index contributed by atoms with van der Waals surface area (Å²) in [7, 11) is 0. The molecule has 2 unspecified atom stereocenters. The average Bonchev–Trinajstić information content (AvgIpc) is 2.87. The summed E-state index contributed by atoms with van der Waals surface area (Å²) in [6.45, 7) is 16.5. The molecule has 43 heavy (non-hydrogen) atoms. The number of phenols is 1. The maximum Gasteiger partial charge on any atom is 0.408 e. The Morgan fingerprint density at radius 1 is 0.930 bits per heavy atom. The minimum absolute atomic E-state index is 0.0215. The van der Waals surface area contributed by atoms with Gasteiger partial charge in [0.25, 0.3) is 0 Å². The standard InChI is InChI=1S/C33H47N3O7/c1-10-42-27(38)17-18-34-29(39)28(24-14-11-21(2)22(3)19-24)36(32(4,5)6)30(40)26(35-31(41)43-33(7,8)9)20-23-12-15-25(37)16-13-23/h11-16,19,26,28,37H,10,17-18,20H2,1-9H3,(H,34,39)(H,35,41). The van der Waals surface area contributed by atoms with Crippen LogP contribution in [0.5, 0.6) is 5.75 Å². The first-order valence-electron chi connectivity index (χ1n) is 14.5. The highest BCUT2D eigenvalue weighted by Gasteiger charge is 2.42. The number of hydrogen-bond acceptors (Lipinski definition) is 7. The van der Waals surface area contributed by atoms with Crippen LogP contribution < -0.4 is 10.6 Å². The first kappa shape index (κ1) is 35.1. The summed E-state index contributed by atoms with van der Waals surface area (Å²) in [5.74, 6) is -1.35. The van der Waals surface area contributed by atoms with E-state index >= 15 is 0 Å². The van der Waals surface area contributed by atoms with E-state index in [1.54, 1.807) is 45.9 Å². The van der Waals surface area contributed by atoms with Gasteiger partial charge in [-0.1, -0.05) is 30.3 Å². The van der Waals surface area contributed by atoms with Gasteiger partial charge in [0.05, 0.1) is 13.0 Å². The Balaban J connectivity index is 2.59. The molecule has 2 aromatic rings. The van der Waals surface area contributed by atoms with E-state index in [-0.39, 0.29) is 31.7 Å². The number of aryl methyl sites for hydroxylation is 2. The number of nitrogens with one attached hydrogen (secondary N) is 2. The molecule has 0 bridgehead atoms. The Morgan fingerprint density at radius 3 is 2.09 bits per heavy atom. The van der Waals surface area contributed by atoms with Crippen LogP contribution in [-0.2, 0) is 30.3 Å². The van der Waals surface area contributed by atoms with Gasteiger partial charge >= 0.3 is 12.1 Å². The fourth-order valence-corrected chi connectivity index (χ4v) is 4.50. The van der Waals surface area contributed by atoms with E-state index in [0.717, 1.165) is 11.1 Å². The predicted octanol–water partition coefficient (Wildman–Crippen LogP) is 4.88. The zero-order valence-corrected chi connectivity index (χ0v) is 26.9. The van der Waals surface area contributed by atoms with Crippen molar-refractivity contribution < 1.29 is 33.8 Å². The molecule has 2 aromatic carbocycles. The number of phenolic OH excluding ortho intramolecular Hbond substituents is 1. The molecule has 236 valence electrons. The molecule has 0 aromatic heterocycles. The van der Waals surface area contributed by atoms with Gasteiger partial charge in [0.2, 0.25) is 11.8 Å². The second kappa shape index (κ2) is 14.9. The summed E-state index contributed by atoms with van der Waals surface area (Å²) in [5.41, 5.74) is 1.54. The van der Waals surface area contributed by atoms with E-state index in [1.165, 1.54) is 17.0 Å². The summed E-state index contributed by atoms with van der Waals surface area (Å²) in [6, 6.07) is 9.70. The smallest absolute Gasteiger partial charge is 0.408 e. The second-order valence-electron chi connectivity index (χ2n) is 12.5. The number of nitrogens with zero attached hydrogens (tertiary/aromatic N) is 1. The Bertz CT molecular complexity index is 1280. The van der Waals surface area contributed by atoms with Crippen molar-refractivity contribution in [3.05, 3.63) is 64.7 Å². The van der Waals surface area contributed by atoms with Crippen LogP contribution in [-0.4, -0.2) is 64.2 Å². The molecular formula is C33H47N3O7. The molecule has 0 aliphatic rings. The summed E-state index contributed by atoms with van der Waals surface area (Å²) in [6.07, 6.45) is -0.721. The number of amides is 3. The average molecular weight is 598 g/mol. The third-order valence-electron chi connectivity index (χ3n) is 6.61. The molecule has 10 heteroatoms. The highest BCUT2D eigenvalue weighted by molar-refractivity contribution is 5.93. The minimum Gasteiger partial charge on any atom is -0.508 e. The summed E-state index contributed by atoms with van der Waals surface area (Å²) in [5, 5.41) is 15.3. The second-order valence-corrected chi connectivity index (χ2v) is 12.5. The number of rotatable bonds is 11. The molecule has 0 saturated carbocycles. The normalized spacial score (nSPS) is 13.0. The van der Waals surface area contributed by atoms with Gasteiger partial charge in [0.15, 0.2) is 0 Å². The Labute approximate surface area is 255 Å². The number of carbonyl (C=O) groups is 4. The van der Waals surface area contributed by atoms with Crippen molar-refractivity contribution in [1.29, 1.82) is 0 Å². The number of esters is 1. The molecule has 0 spiro atoms. The molecule has 3 amide bonds. The maximum atomic E-state index is 14.6. The van der Waals surface area contributed by atoms with Crippen LogP contribution in [0.1, 0.15) is 83.2 Å². The number of alkyl carbamates (subject to hydrolysis) is 1. The molecule has 3 N–H and O–H groups in total. The molecular weight excluding hydrogens is 550 g/mol. The van der Waals surface area contributed by atoms with Gasteiger partial charge in [0.1, 0.15) is 23.4 Å². The number of carbonyl (C=O) groups excluding carboxylic acids is 4. The number of hydrogen-bond donors (Lipinski definition) is 3.